The van der Waals surface area contributed by atoms with Crippen molar-refractivity contribution in [3.05, 3.63) is 65.4 Å². The molecule has 8 heteroatoms. The van der Waals surface area contributed by atoms with Gasteiger partial charge in [-0.3, -0.25) is 9.78 Å². The zero-order valence-corrected chi connectivity index (χ0v) is 19.4. The Balaban J connectivity index is 1.73. The molecule has 4 aromatic rings. The van der Waals surface area contributed by atoms with Crippen molar-refractivity contribution in [1.82, 2.24) is 19.7 Å². The van der Waals surface area contributed by atoms with Gasteiger partial charge < -0.3 is 5.32 Å². The van der Waals surface area contributed by atoms with Crippen molar-refractivity contribution in [2.45, 2.75) is 46.0 Å². The number of hydrogen-bond donors (Lipinski definition) is 1. The summed E-state index contributed by atoms with van der Waals surface area (Å²) in [5.74, 6) is -0.510. The maximum absolute atomic E-state index is 14.9. The number of carbonyl (C=O) groups is 1. The van der Waals surface area contributed by atoms with E-state index in [9.17, 15) is 9.18 Å². The van der Waals surface area contributed by atoms with Gasteiger partial charge in [0.15, 0.2) is 5.13 Å². The van der Waals surface area contributed by atoms with Crippen LogP contribution in [0.1, 0.15) is 43.6 Å². The van der Waals surface area contributed by atoms with E-state index < -0.39 is 0 Å². The Morgan fingerprint density at radius 1 is 1.21 bits per heavy atom. The van der Waals surface area contributed by atoms with Crippen LogP contribution >= 0.6 is 11.3 Å². The lowest BCUT2D eigenvalue weighted by Crippen LogP contribution is -2.05. The first-order chi connectivity index (χ1) is 16.0. The highest BCUT2D eigenvalue weighted by Gasteiger charge is 2.29. The molecule has 3 aromatic heterocycles. The average Bonchev–Trinajstić information content (AvgIpc) is 3.31. The first-order valence-electron chi connectivity index (χ1n) is 11.1. The molecule has 168 valence electrons. The number of thiazole rings is 1. The molecule has 33 heavy (non-hydrogen) atoms. The molecule has 3 heterocycles. The highest BCUT2D eigenvalue weighted by atomic mass is 32.1. The van der Waals surface area contributed by atoms with Crippen LogP contribution in [0, 0.1) is 5.82 Å². The number of amides is 1. The van der Waals surface area contributed by atoms with E-state index in [1.807, 2.05) is 18.3 Å². The third-order valence-electron chi connectivity index (χ3n) is 5.70. The summed E-state index contributed by atoms with van der Waals surface area (Å²) in [5, 5.41) is 8.25. The van der Waals surface area contributed by atoms with Crippen molar-refractivity contribution < 1.29 is 9.18 Å². The van der Waals surface area contributed by atoms with Crippen LogP contribution in [0.25, 0.3) is 27.5 Å². The monoisotopic (exact) mass is 461 g/mol. The third kappa shape index (κ3) is 4.06. The predicted octanol–water partition coefficient (Wildman–Crippen LogP) is 5.60. The molecule has 6 nitrogen and oxygen atoms in total. The molecule has 1 aliphatic carbocycles. The van der Waals surface area contributed by atoms with Gasteiger partial charge in [0.1, 0.15) is 11.5 Å². The van der Waals surface area contributed by atoms with E-state index in [2.05, 4.69) is 22.2 Å². The summed E-state index contributed by atoms with van der Waals surface area (Å²) in [6.07, 6.45) is 6.30. The lowest BCUT2D eigenvalue weighted by atomic mass is 10.0. The van der Waals surface area contributed by atoms with E-state index in [0.717, 1.165) is 70.9 Å². The van der Waals surface area contributed by atoms with E-state index >= 15 is 0 Å². The molecular formula is C25H24FN5OS. The SMILES string of the molecule is CCCc1ccc(-c2nn(-c3ccccc3F)c3c2CCCc2nc(NC(C)=O)sc2-3)cn1. The molecule has 0 saturated carbocycles. The van der Waals surface area contributed by atoms with Crippen molar-refractivity contribution in [2.24, 2.45) is 0 Å². The highest BCUT2D eigenvalue weighted by Crippen LogP contribution is 2.43. The van der Waals surface area contributed by atoms with Gasteiger partial charge in [0, 0.05) is 29.9 Å². The second-order valence-electron chi connectivity index (χ2n) is 8.16. The number of carbonyl (C=O) groups excluding carboxylic acids is 1. The van der Waals surface area contributed by atoms with Crippen LogP contribution in [0.2, 0.25) is 0 Å². The van der Waals surface area contributed by atoms with E-state index in [1.54, 1.807) is 22.9 Å². The number of hydrogen-bond acceptors (Lipinski definition) is 5. The van der Waals surface area contributed by atoms with E-state index in [1.165, 1.54) is 24.3 Å². The summed E-state index contributed by atoms with van der Waals surface area (Å²) in [7, 11) is 0. The van der Waals surface area contributed by atoms with Crippen LogP contribution in [-0.4, -0.2) is 25.7 Å². The number of para-hydroxylation sites is 1. The number of pyridine rings is 1. The number of benzene rings is 1. The maximum Gasteiger partial charge on any atom is 0.223 e. The number of anilines is 1. The predicted molar refractivity (Wildman–Crippen MR) is 128 cm³/mol. The van der Waals surface area contributed by atoms with Crippen LogP contribution in [-0.2, 0) is 24.1 Å². The minimum atomic E-state index is -0.344. The number of halogens is 1. The number of aromatic nitrogens is 4. The summed E-state index contributed by atoms with van der Waals surface area (Å²) < 4.78 is 16.6. The Morgan fingerprint density at radius 2 is 2.06 bits per heavy atom. The lowest BCUT2D eigenvalue weighted by molar-refractivity contribution is -0.114. The number of rotatable bonds is 5. The summed E-state index contributed by atoms with van der Waals surface area (Å²) in [6.45, 7) is 3.60. The molecule has 1 amide bonds. The van der Waals surface area contributed by atoms with E-state index in [0.29, 0.717) is 10.8 Å². The molecule has 1 aliphatic rings. The Labute approximate surface area is 195 Å². The molecule has 0 aliphatic heterocycles. The quantitative estimate of drug-likeness (QED) is 0.420. The van der Waals surface area contributed by atoms with Gasteiger partial charge in [0.25, 0.3) is 0 Å². The fourth-order valence-corrected chi connectivity index (χ4v) is 5.38. The normalized spacial score (nSPS) is 12.7. The first-order valence-corrected chi connectivity index (χ1v) is 12.0. The second kappa shape index (κ2) is 8.86. The molecule has 0 unspecified atom stereocenters. The molecule has 5 rings (SSSR count). The topological polar surface area (TPSA) is 72.7 Å². The van der Waals surface area contributed by atoms with Crippen LogP contribution in [0.3, 0.4) is 0 Å². The van der Waals surface area contributed by atoms with Gasteiger partial charge in [0.2, 0.25) is 5.91 Å². The number of nitrogens with one attached hydrogen (secondary N) is 1. The largest absolute Gasteiger partial charge is 0.302 e. The molecule has 1 N–H and O–H groups in total. The average molecular weight is 462 g/mol. The van der Waals surface area contributed by atoms with Crippen LogP contribution in [0.15, 0.2) is 42.6 Å². The first kappa shape index (κ1) is 21.5. The van der Waals surface area contributed by atoms with Crippen LogP contribution < -0.4 is 5.32 Å². The van der Waals surface area contributed by atoms with Gasteiger partial charge in [0.05, 0.1) is 22.0 Å². The Hall–Kier alpha value is -3.39. The smallest absolute Gasteiger partial charge is 0.223 e. The number of fused-ring (bicyclic) bond motifs is 3. The molecule has 0 spiro atoms. The summed E-state index contributed by atoms with van der Waals surface area (Å²) in [4.78, 5) is 21.8. The van der Waals surface area contributed by atoms with Gasteiger partial charge in [-0.2, -0.15) is 5.10 Å². The zero-order chi connectivity index (χ0) is 22.9. The van der Waals surface area contributed by atoms with E-state index in [-0.39, 0.29) is 11.7 Å². The molecule has 0 atom stereocenters. The second-order valence-corrected chi connectivity index (χ2v) is 9.16. The molecule has 0 fully saturated rings. The maximum atomic E-state index is 14.9. The van der Waals surface area contributed by atoms with Crippen molar-refractivity contribution in [3.8, 4) is 27.5 Å². The zero-order valence-electron chi connectivity index (χ0n) is 18.6. The fourth-order valence-electron chi connectivity index (χ4n) is 4.26. The van der Waals surface area contributed by atoms with Gasteiger partial charge in [-0.25, -0.2) is 14.1 Å². The van der Waals surface area contributed by atoms with Gasteiger partial charge in [-0.1, -0.05) is 36.8 Å². The molecule has 0 radical (unpaired) electrons. The molecule has 0 saturated heterocycles. The lowest BCUT2D eigenvalue weighted by Gasteiger charge is -2.08. The van der Waals surface area contributed by atoms with Crippen LogP contribution in [0.4, 0.5) is 9.52 Å². The summed E-state index contributed by atoms with van der Waals surface area (Å²) in [5.41, 5.74) is 5.96. The van der Waals surface area contributed by atoms with Gasteiger partial charge >= 0.3 is 0 Å². The third-order valence-corrected chi connectivity index (χ3v) is 6.72. The summed E-state index contributed by atoms with van der Waals surface area (Å²) in [6, 6.07) is 10.7. The Morgan fingerprint density at radius 3 is 2.79 bits per heavy atom. The summed E-state index contributed by atoms with van der Waals surface area (Å²) >= 11 is 1.41. The Kier molecular flexibility index (Phi) is 5.76. The fraction of sp³-hybridized carbons (Fsp3) is 0.280. The minimum absolute atomic E-state index is 0.166. The van der Waals surface area contributed by atoms with Gasteiger partial charge in [-0.15, -0.1) is 0 Å². The number of nitrogens with zero attached hydrogens (tertiary/aromatic N) is 4. The van der Waals surface area contributed by atoms with Crippen molar-refractivity contribution in [1.29, 1.82) is 0 Å². The van der Waals surface area contributed by atoms with Crippen molar-refractivity contribution in [2.75, 3.05) is 5.32 Å². The van der Waals surface area contributed by atoms with Crippen molar-refractivity contribution in [3.63, 3.8) is 0 Å². The highest BCUT2D eigenvalue weighted by molar-refractivity contribution is 7.19. The minimum Gasteiger partial charge on any atom is -0.302 e. The molecule has 0 bridgehead atoms. The van der Waals surface area contributed by atoms with E-state index in [4.69, 9.17) is 5.10 Å². The van der Waals surface area contributed by atoms with Crippen LogP contribution in [0.5, 0.6) is 0 Å². The molecular weight excluding hydrogens is 437 g/mol. The number of aryl methyl sites for hydroxylation is 2. The molecule has 1 aromatic carbocycles. The standard InChI is InChI=1S/C25H24FN5OS/c1-3-7-17-13-12-16(14-27-17)22-18-8-6-10-20-24(33-25(29-20)28-15(2)32)23(18)31(30-22)21-11-5-4-9-19(21)26/h4-5,9,11-14H,3,6-8,10H2,1-2H3,(H,28,29,32). The van der Waals surface area contributed by atoms with Crippen molar-refractivity contribution >= 4 is 22.4 Å². The van der Waals surface area contributed by atoms with Gasteiger partial charge in [-0.05, 0) is 49.9 Å². The Bertz CT molecular complexity index is 1330.